The van der Waals surface area contributed by atoms with Crippen LogP contribution in [0.1, 0.15) is 37.7 Å². The summed E-state index contributed by atoms with van der Waals surface area (Å²) in [5, 5.41) is 3.33. The highest BCUT2D eigenvalue weighted by molar-refractivity contribution is 5.88. The van der Waals surface area contributed by atoms with Crippen molar-refractivity contribution in [3.63, 3.8) is 0 Å². The molecule has 1 saturated carbocycles. The van der Waals surface area contributed by atoms with Gasteiger partial charge in [-0.25, -0.2) is 0 Å². The Morgan fingerprint density at radius 1 is 1.00 bits per heavy atom. The summed E-state index contributed by atoms with van der Waals surface area (Å²) in [4.78, 5) is 15.3. The molecule has 1 aliphatic heterocycles. The first-order valence-corrected chi connectivity index (χ1v) is 7.89. The van der Waals surface area contributed by atoms with Gasteiger partial charge in [-0.15, -0.1) is 0 Å². The van der Waals surface area contributed by atoms with Gasteiger partial charge in [-0.3, -0.25) is 4.79 Å². The van der Waals surface area contributed by atoms with E-state index in [1.807, 2.05) is 6.07 Å². The third kappa shape index (κ3) is 2.47. The smallest absolute Gasteiger partial charge is 0.233 e. The molecule has 0 radical (unpaired) electrons. The van der Waals surface area contributed by atoms with Crippen molar-refractivity contribution >= 4 is 5.91 Å². The summed E-state index contributed by atoms with van der Waals surface area (Å²) in [7, 11) is 0. The van der Waals surface area contributed by atoms with Gasteiger partial charge in [-0.05, 0) is 18.4 Å². The molecule has 2 fully saturated rings. The Balaban J connectivity index is 1.91. The Labute approximate surface area is 121 Å². The quantitative estimate of drug-likeness (QED) is 0.896. The second kappa shape index (κ2) is 5.96. The topological polar surface area (TPSA) is 32.3 Å². The van der Waals surface area contributed by atoms with Crippen molar-refractivity contribution in [2.24, 2.45) is 0 Å². The van der Waals surface area contributed by atoms with Gasteiger partial charge in [-0.1, -0.05) is 49.6 Å². The van der Waals surface area contributed by atoms with E-state index < -0.39 is 0 Å². The van der Waals surface area contributed by atoms with Crippen molar-refractivity contribution in [3.05, 3.63) is 35.9 Å². The van der Waals surface area contributed by atoms with Crippen LogP contribution in [0, 0.1) is 0 Å². The molecule has 0 aromatic heterocycles. The highest BCUT2D eigenvalue weighted by Crippen LogP contribution is 2.41. The molecule has 20 heavy (non-hydrogen) atoms. The Morgan fingerprint density at radius 2 is 1.65 bits per heavy atom. The van der Waals surface area contributed by atoms with Crippen LogP contribution in [0.25, 0.3) is 0 Å². The van der Waals surface area contributed by atoms with Gasteiger partial charge in [0.05, 0.1) is 5.41 Å². The zero-order chi connectivity index (χ0) is 13.8. The molecule has 1 aromatic rings. The second-order valence-electron chi connectivity index (χ2n) is 6.05. The third-order valence-corrected chi connectivity index (χ3v) is 4.85. The van der Waals surface area contributed by atoms with Gasteiger partial charge in [0.2, 0.25) is 5.91 Å². The molecule has 0 spiro atoms. The molecule has 2 aliphatic rings. The van der Waals surface area contributed by atoms with Crippen molar-refractivity contribution in [2.75, 3.05) is 26.2 Å². The number of carbonyl (C=O) groups is 1. The number of nitrogens with one attached hydrogen (secondary N) is 1. The van der Waals surface area contributed by atoms with E-state index >= 15 is 0 Å². The number of amides is 1. The Hall–Kier alpha value is -1.35. The van der Waals surface area contributed by atoms with Crippen molar-refractivity contribution in [1.29, 1.82) is 0 Å². The van der Waals surface area contributed by atoms with E-state index in [1.54, 1.807) is 0 Å². The predicted molar refractivity (Wildman–Crippen MR) is 80.7 cm³/mol. The van der Waals surface area contributed by atoms with Gasteiger partial charge in [0.15, 0.2) is 0 Å². The van der Waals surface area contributed by atoms with E-state index in [0.29, 0.717) is 5.91 Å². The predicted octanol–water partition coefficient (Wildman–Crippen LogP) is 2.32. The minimum absolute atomic E-state index is 0.253. The number of hydrogen-bond donors (Lipinski definition) is 1. The summed E-state index contributed by atoms with van der Waals surface area (Å²) < 4.78 is 0. The largest absolute Gasteiger partial charge is 0.339 e. The molecule has 1 amide bonds. The lowest BCUT2D eigenvalue weighted by molar-refractivity contribution is -0.139. The molecule has 1 N–H and O–H groups in total. The van der Waals surface area contributed by atoms with Crippen molar-refractivity contribution in [3.8, 4) is 0 Å². The molecule has 1 aromatic carbocycles. The van der Waals surface area contributed by atoms with E-state index in [1.165, 1.54) is 24.8 Å². The number of carbonyl (C=O) groups excluding carboxylic acids is 1. The lowest BCUT2D eigenvalue weighted by Crippen LogP contribution is -2.54. The third-order valence-electron chi connectivity index (χ3n) is 4.85. The molecule has 1 heterocycles. The lowest BCUT2D eigenvalue weighted by atomic mass is 9.68. The van der Waals surface area contributed by atoms with Crippen LogP contribution in [0.15, 0.2) is 30.3 Å². The van der Waals surface area contributed by atoms with Gasteiger partial charge >= 0.3 is 0 Å². The zero-order valence-electron chi connectivity index (χ0n) is 12.1. The zero-order valence-corrected chi connectivity index (χ0v) is 12.1. The van der Waals surface area contributed by atoms with Crippen LogP contribution in [-0.4, -0.2) is 37.0 Å². The van der Waals surface area contributed by atoms with E-state index in [0.717, 1.165) is 39.0 Å². The molecule has 3 heteroatoms. The van der Waals surface area contributed by atoms with E-state index in [9.17, 15) is 4.79 Å². The Bertz CT molecular complexity index is 445. The molecule has 3 rings (SSSR count). The summed E-state index contributed by atoms with van der Waals surface area (Å²) in [6.07, 6.45) is 5.64. The summed E-state index contributed by atoms with van der Waals surface area (Å²) in [6, 6.07) is 10.5. The van der Waals surface area contributed by atoms with Crippen molar-refractivity contribution in [2.45, 2.75) is 37.5 Å². The normalized spacial score (nSPS) is 22.5. The van der Waals surface area contributed by atoms with E-state index in [2.05, 4.69) is 34.5 Å². The first-order valence-electron chi connectivity index (χ1n) is 7.89. The van der Waals surface area contributed by atoms with Crippen molar-refractivity contribution < 1.29 is 4.79 Å². The fraction of sp³-hybridized carbons (Fsp3) is 0.588. The van der Waals surface area contributed by atoms with Gasteiger partial charge in [0, 0.05) is 26.2 Å². The first-order chi connectivity index (χ1) is 9.83. The first kappa shape index (κ1) is 13.6. The summed E-state index contributed by atoms with van der Waals surface area (Å²) in [5.74, 6) is 0.366. The van der Waals surface area contributed by atoms with Gasteiger partial charge in [0.1, 0.15) is 0 Å². The minimum Gasteiger partial charge on any atom is -0.339 e. The monoisotopic (exact) mass is 272 g/mol. The highest BCUT2D eigenvalue weighted by Gasteiger charge is 2.43. The van der Waals surface area contributed by atoms with Crippen LogP contribution in [0.3, 0.4) is 0 Å². The number of hydrogen-bond acceptors (Lipinski definition) is 2. The molecule has 0 unspecified atom stereocenters. The molecular weight excluding hydrogens is 248 g/mol. The van der Waals surface area contributed by atoms with Crippen LogP contribution in [0.5, 0.6) is 0 Å². The average molecular weight is 272 g/mol. The molecule has 1 saturated heterocycles. The van der Waals surface area contributed by atoms with E-state index in [4.69, 9.17) is 0 Å². The van der Waals surface area contributed by atoms with Crippen molar-refractivity contribution in [1.82, 2.24) is 10.2 Å². The number of rotatable bonds is 2. The highest BCUT2D eigenvalue weighted by atomic mass is 16.2. The second-order valence-corrected chi connectivity index (χ2v) is 6.05. The number of piperazine rings is 1. The lowest BCUT2D eigenvalue weighted by Gasteiger charge is -2.41. The fourth-order valence-corrected chi connectivity index (χ4v) is 3.71. The molecule has 1 aliphatic carbocycles. The van der Waals surface area contributed by atoms with Gasteiger partial charge in [-0.2, -0.15) is 0 Å². The molecule has 0 atom stereocenters. The standard InChI is InChI=1S/C17H24N2O/c20-16(19-13-11-18-12-14-19)17(9-5-2-6-10-17)15-7-3-1-4-8-15/h1,3-4,7-8,18H,2,5-6,9-14H2. The van der Waals surface area contributed by atoms with Gasteiger partial charge in [0.25, 0.3) is 0 Å². The molecule has 108 valence electrons. The maximum absolute atomic E-state index is 13.2. The maximum atomic E-state index is 13.2. The van der Waals surface area contributed by atoms with Crippen LogP contribution in [0.4, 0.5) is 0 Å². The molecular formula is C17H24N2O. The number of benzene rings is 1. The molecule has 3 nitrogen and oxygen atoms in total. The fourth-order valence-electron chi connectivity index (χ4n) is 3.71. The van der Waals surface area contributed by atoms with Crippen LogP contribution in [0.2, 0.25) is 0 Å². The number of nitrogens with zero attached hydrogens (tertiary/aromatic N) is 1. The summed E-state index contributed by atoms with van der Waals surface area (Å²) in [6.45, 7) is 3.56. The Morgan fingerprint density at radius 3 is 2.30 bits per heavy atom. The maximum Gasteiger partial charge on any atom is 0.233 e. The molecule has 0 bridgehead atoms. The SMILES string of the molecule is O=C(N1CCNCC1)C1(c2ccccc2)CCCCC1. The summed E-state index contributed by atoms with van der Waals surface area (Å²) in [5.41, 5.74) is 0.972. The van der Waals surface area contributed by atoms with Crippen LogP contribution >= 0.6 is 0 Å². The van der Waals surface area contributed by atoms with Gasteiger partial charge < -0.3 is 10.2 Å². The minimum atomic E-state index is -0.253. The Kier molecular flexibility index (Phi) is 4.06. The van der Waals surface area contributed by atoms with Crippen LogP contribution < -0.4 is 5.32 Å². The average Bonchev–Trinajstić information content (AvgIpc) is 2.56. The summed E-state index contributed by atoms with van der Waals surface area (Å²) >= 11 is 0. The van der Waals surface area contributed by atoms with Crippen LogP contribution in [-0.2, 0) is 10.2 Å². The van der Waals surface area contributed by atoms with E-state index in [-0.39, 0.29) is 5.41 Å².